The maximum atomic E-state index is 6.74. The van der Waals surface area contributed by atoms with Gasteiger partial charge in [0, 0.05) is 13.1 Å². The second-order valence-electron chi connectivity index (χ2n) is 6.86. The third kappa shape index (κ3) is 3.52. The second kappa shape index (κ2) is 6.58. The van der Waals surface area contributed by atoms with Gasteiger partial charge in [-0.3, -0.25) is 0 Å². The number of rotatable bonds is 4. The van der Waals surface area contributed by atoms with Crippen molar-refractivity contribution in [2.75, 3.05) is 13.1 Å². The Morgan fingerprint density at radius 3 is 2.53 bits per heavy atom. The highest BCUT2D eigenvalue weighted by Gasteiger charge is 2.44. The van der Waals surface area contributed by atoms with E-state index in [2.05, 4.69) is 26.1 Å². The standard InChI is InChI=1S/C17H33NO/c1-4-8-15-9-7-11-17(12-10-15)14-18-13-16(5-2,6-3)19-17/h15,18H,4-14H2,1-3H3. The minimum Gasteiger partial charge on any atom is -0.366 e. The predicted octanol–water partition coefficient (Wildman–Crippen LogP) is 4.28. The van der Waals surface area contributed by atoms with Gasteiger partial charge in [-0.25, -0.2) is 0 Å². The monoisotopic (exact) mass is 267 g/mol. The summed E-state index contributed by atoms with van der Waals surface area (Å²) >= 11 is 0. The van der Waals surface area contributed by atoms with Crippen molar-refractivity contribution in [3.63, 3.8) is 0 Å². The van der Waals surface area contributed by atoms with E-state index in [1.165, 1.54) is 44.9 Å². The van der Waals surface area contributed by atoms with Gasteiger partial charge in [-0.2, -0.15) is 0 Å². The summed E-state index contributed by atoms with van der Waals surface area (Å²) in [7, 11) is 0. The molecule has 0 aromatic rings. The molecule has 2 heteroatoms. The van der Waals surface area contributed by atoms with Gasteiger partial charge in [0.2, 0.25) is 0 Å². The molecule has 0 aromatic heterocycles. The molecule has 1 aliphatic carbocycles. The second-order valence-corrected chi connectivity index (χ2v) is 6.86. The SMILES string of the molecule is CCCC1CCCC2(CC1)CNCC(CC)(CC)O2. The highest BCUT2D eigenvalue weighted by atomic mass is 16.5. The summed E-state index contributed by atoms with van der Waals surface area (Å²) in [5.41, 5.74) is 0.246. The molecule has 0 amide bonds. The van der Waals surface area contributed by atoms with E-state index in [0.29, 0.717) is 0 Å². The fourth-order valence-electron chi connectivity index (χ4n) is 4.12. The van der Waals surface area contributed by atoms with Crippen LogP contribution >= 0.6 is 0 Å². The average Bonchev–Trinajstić information content (AvgIpc) is 2.62. The zero-order valence-electron chi connectivity index (χ0n) is 13.3. The van der Waals surface area contributed by atoms with Crippen molar-refractivity contribution in [1.82, 2.24) is 5.32 Å². The molecule has 1 saturated heterocycles. The van der Waals surface area contributed by atoms with Crippen LogP contribution in [0, 0.1) is 5.92 Å². The van der Waals surface area contributed by atoms with Crippen molar-refractivity contribution in [2.45, 2.75) is 89.8 Å². The van der Waals surface area contributed by atoms with E-state index in [9.17, 15) is 0 Å². The van der Waals surface area contributed by atoms with Gasteiger partial charge in [-0.1, -0.05) is 46.5 Å². The maximum absolute atomic E-state index is 6.74. The molecule has 112 valence electrons. The largest absolute Gasteiger partial charge is 0.366 e. The van der Waals surface area contributed by atoms with Gasteiger partial charge in [-0.05, 0) is 38.0 Å². The number of ether oxygens (including phenoxy) is 1. The number of morpholine rings is 1. The lowest BCUT2D eigenvalue weighted by Crippen LogP contribution is -2.59. The molecule has 2 atom stereocenters. The lowest BCUT2D eigenvalue weighted by atomic mass is 9.86. The summed E-state index contributed by atoms with van der Waals surface area (Å²) in [6.45, 7) is 8.99. The average molecular weight is 267 g/mol. The summed E-state index contributed by atoms with van der Waals surface area (Å²) in [6, 6.07) is 0. The first-order chi connectivity index (χ1) is 9.17. The van der Waals surface area contributed by atoms with Crippen LogP contribution in [0.3, 0.4) is 0 Å². The summed E-state index contributed by atoms with van der Waals surface area (Å²) in [5, 5.41) is 3.69. The van der Waals surface area contributed by atoms with Crippen molar-refractivity contribution in [3.05, 3.63) is 0 Å². The van der Waals surface area contributed by atoms with E-state index in [1.54, 1.807) is 0 Å². The molecule has 2 nitrogen and oxygen atoms in total. The van der Waals surface area contributed by atoms with Gasteiger partial charge >= 0.3 is 0 Å². The predicted molar refractivity (Wildman–Crippen MR) is 81.5 cm³/mol. The van der Waals surface area contributed by atoms with Crippen molar-refractivity contribution in [3.8, 4) is 0 Å². The molecule has 1 spiro atoms. The molecule has 0 aromatic carbocycles. The summed E-state index contributed by atoms with van der Waals surface area (Å²) in [6.07, 6.45) is 11.7. The van der Waals surface area contributed by atoms with Gasteiger partial charge in [0.05, 0.1) is 11.2 Å². The highest BCUT2D eigenvalue weighted by Crippen LogP contribution is 2.40. The molecule has 1 N–H and O–H groups in total. The highest BCUT2D eigenvalue weighted by molar-refractivity contribution is 4.97. The summed E-state index contributed by atoms with van der Waals surface area (Å²) in [4.78, 5) is 0. The van der Waals surface area contributed by atoms with Crippen LogP contribution in [0.1, 0.15) is 78.6 Å². The van der Waals surface area contributed by atoms with Crippen molar-refractivity contribution < 1.29 is 4.74 Å². The zero-order valence-corrected chi connectivity index (χ0v) is 13.3. The van der Waals surface area contributed by atoms with Gasteiger partial charge in [0.25, 0.3) is 0 Å². The number of hydrogen-bond donors (Lipinski definition) is 1. The van der Waals surface area contributed by atoms with Crippen LogP contribution in [0.2, 0.25) is 0 Å². The Labute approximate surface area is 119 Å². The number of hydrogen-bond acceptors (Lipinski definition) is 2. The topological polar surface area (TPSA) is 21.3 Å². The Kier molecular flexibility index (Phi) is 5.30. The Morgan fingerprint density at radius 2 is 1.84 bits per heavy atom. The molecule has 2 unspecified atom stereocenters. The minimum atomic E-state index is 0.100. The van der Waals surface area contributed by atoms with Crippen LogP contribution in [0.25, 0.3) is 0 Å². The molecule has 1 saturated carbocycles. The van der Waals surface area contributed by atoms with Crippen molar-refractivity contribution in [1.29, 1.82) is 0 Å². The Bertz CT molecular complexity index is 274. The first kappa shape index (κ1) is 15.3. The van der Waals surface area contributed by atoms with Gasteiger partial charge < -0.3 is 10.1 Å². The molecule has 1 aliphatic heterocycles. The van der Waals surface area contributed by atoms with Crippen LogP contribution in [-0.2, 0) is 4.74 Å². The van der Waals surface area contributed by atoms with Crippen molar-refractivity contribution >= 4 is 0 Å². The fourth-order valence-corrected chi connectivity index (χ4v) is 4.12. The summed E-state index contributed by atoms with van der Waals surface area (Å²) < 4.78 is 6.74. The molecule has 19 heavy (non-hydrogen) atoms. The third-order valence-electron chi connectivity index (χ3n) is 5.57. The number of nitrogens with one attached hydrogen (secondary N) is 1. The van der Waals surface area contributed by atoms with Crippen LogP contribution in [0.15, 0.2) is 0 Å². The first-order valence-corrected chi connectivity index (χ1v) is 8.58. The smallest absolute Gasteiger partial charge is 0.0814 e. The van der Waals surface area contributed by atoms with E-state index < -0.39 is 0 Å². The normalized spacial score (nSPS) is 35.2. The molecule has 1 heterocycles. The van der Waals surface area contributed by atoms with E-state index in [1.807, 2.05) is 0 Å². The molecule has 2 rings (SSSR count). The molecule has 0 radical (unpaired) electrons. The third-order valence-corrected chi connectivity index (χ3v) is 5.57. The van der Waals surface area contributed by atoms with Crippen LogP contribution in [-0.4, -0.2) is 24.3 Å². The van der Waals surface area contributed by atoms with E-state index in [0.717, 1.165) is 31.8 Å². The Hall–Kier alpha value is -0.0800. The Morgan fingerprint density at radius 1 is 1.05 bits per heavy atom. The quantitative estimate of drug-likeness (QED) is 0.820. The lowest BCUT2D eigenvalue weighted by molar-refractivity contribution is -0.187. The van der Waals surface area contributed by atoms with E-state index in [-0.39, 0.29) is 11.2 Å². The zero-order chi connectivity index (χ0) is 13.8. The van der Waals surface area contributed by atoms with Gasteiger partial charge in [0.15, 0.2) is 0 Å². The van der Waals surface area contributed by atoms with E-state index in [4.69, 9.17) is 4.74 Å². The molecule has 0 bridgehead atoms. The molecule has 2 aliphatic rings. The van der Waals surface area contributed by atoms with Crippen LogP contribution in [0.5, 0.6) is 0 Å². The molecule has 2 fully saturated rings. The van der Waals surface area contributed by atoms with Crippen LogP contribution < -0.4 is 5.32 Å². The van der Waals surface area contributed by atoms with Crippen molar-refractivity contribution in [2.24, 2.45) is 5.92 Å². The maximum Gasteiger partial charge on any atom is 0.0814 e. The molecular formula is C17H33NO. The Balaban J connectivity index is 2.01. The minimum absolute atomic E-state index is 0.100. The molecular weight excluding hydrogens is 234 g/mol. The lowest BCUT2D eigenvalue weighted by Gasteiger charge is -2.48. The van der Waals surface area contributed by atoms with Gasteiger partial charge in [0.1, 0.15) is 0 Å². The van der Waals surface area contributed by atoms with Crippen LogP contribution in [0.4, 0.5) is 0 Å². The fraction of sp³-hybridized carbons (Fsp3) is 1.00. The van der Waals surface area contributed by atoms with E-state index >= 15 is 0 Å². The first-order valence-electron chi connectivity index (χ1n) is 8.58. The summed E-state index contributed by atoms with van der Waals surface area (Å²) in [5.74, 6) is 0.951. The van der Waals surface area contributed by atoms with Gasteiger partial charge in [-0.15, -0.1) is 0 Å².